The Morgan fingerprint density at radius 2 is 1.90 bits per heavy atom. The van der Waals surface area contributed by atoms with Crippen molar-refractivity contribution < 1.29 is 31.5 Å². The quantitative estimate of drug-likeness (QED) is 0.814. The molecule has 2 aliphatic rings. The number of alkyl carbamates (subject to hydrolysis) is 1. The Morgan fingerprint density at radius 1 is 1.33 bits per heavy atom. The van der Waals surface area contributed by atoms with E-state index in [4.69, 9.17) is 0 Å². The fraction of sp³-hybridized carbons (Fsp3) is 0.917. The van der Waals surface area contributed by atoms with Crippen LogP contribution >= 0.6 is 0 Å². The molecule has 0 spiro atoms. The largest absolute Gasteiger partial charge is 0.438 e. The molecule has 9 heteroatoms. The summed E-state index contributed by atoms with van der Waals surface area (Å²) >= 11 is 0. The van der Waals surface area contributed by atoms with E-state index < -0.39 is 36.4 Å². The number of hydrogen-bond acceptors (Lipinski definition) is 3. The lowest BCUT2D eigenvalue weighted by Gasteiger charge is -2.23. The van der Waals surface area contributed by atoms with Crippen molar-refractivity contribution in [1.29, 1.82) is 0 Å². The molecular weight excluding hydrogens is 299 g/mol. The number of nitrogens with one attached hydrogen (secondary N) is 1. The van der Waals surface area contributed by atoms with Gasteiger partial charge in [0.05, 0.1) is 6.54 Å². The Labute approximate surface area is 118 Å². The number of halogens is 5. The molecule has 0 unspecified atom stereocenters. The topological polar surface area (TPSA) is 41.6 Å². The zero-order chi connectivity index (χ0) is 16.1. The molecule has 0 bridgehead atoms. The monoisotopic (exact) mass is 316 g/mol. The summed E-state index contributed by atoms with van der Waals surface area (Å²) in [6.07, 6.45) is -8.30. The van der Waals surface area contributed by atoms with Gasteiger partial charge in [0.25, 0.3) is 5.92 Å². The molecule has 1 saturated carbocycles. The highest BCUT2D eigenvalue weighted by molar-refractivity contribution is 5.69. The number of likely N-dealkylation sites (tertiary alicyclic amines) is 1. The van der Waals surface area contributed by atoms with Gasteiger partial charge >= 0.3 is 12.3 Å². The van der Waals surface area contributed by atoms with Gasteiger partial charge in [-0.25, -0.2) is 13.6 Å². The fourth-order valence-electron chi connectivity index (χ4n) is 2.26. The summed E-state index contributed by atoms with van der Waals surface area (Å²) in [5.74, 6) is -3.27. The minimum absolute atomic E-state index is 0.169. The number of carbonyl (C=O) groups excluding carboxylic acids is 1. The maximum atomic E-state index is 13.7. The zero-order valence-electron chi connectivity index (χ0n) is 11.6. The third-order valence-corrected chi connectivity index (χ3v) is 3.90. The Bertz CT molecular complexity index is 420. The number of hydrogen-bond donors (Lipinski definition) is 1. The highest BCUT2D eigenvalue weighted by atomic mass is 19.4. The molecule has 21 heavy (non-hydrogen) atoms. The third kappa shape index (κ3) is 3.22. The smallest absolute Gasteiger partial charge is 0.411 e. The zero-order valence-corrected chi connectivity index (χ0v) is 11.6. The minimum Gasteiger partial charge on any atom is -0.438 e. The normalized spacial score (nSPS) is 27.7. The summed E-state index contributed by atoms with van der Waals surface area (Å²) in [5, 5.41) is 1.68. The second kappa shape index (κ2) is 4.96. The molecule has 0 aromatic rings. The first-order valence-corrected chi connectivity index (χ1v) is 6.64. The molecule has 122 valence electrons. The molecule has 1 saturated heterocycles. The van der Waals surface area contributed by atoms with Crippen LogP contribution in [0.4, 0.5) is 26.7 Å². The number of rotatable bonds is 3. The van der Waals surface area contributed by atoms with E-state index in [1.807, 2.05) is 0 Å². The van der Waals surface area contributed by atoms with Crippen molar-refractivity contribution in [3.63, 3.8) is 0 Å². The maximum Gasteiger partial charge on any atom is 0.411 e. The number of nitrogens with zero attached hydrogens (tertiary/aromatic N) is 1. The first-order chi connectivity index (χ1) is 9.47. The van der Waals surface area contributed by atoms with Gasteiger partial charge in [-0.1, -0.05) is 0 Å². The first kappa shape index (κ1) is 16.3. The summed E-state index contributed by atoms with van der Waals surface area (Å²) < 4.78 is 69.9. The first-order valence-electron chi connectivity index (χ1n) is 6.64. The molecule has 2 rings (SSSR count). The average Bonchev–Trinajstić information content (AvgIpc) is 3.00. The molecule has 1 heterocycles. The summed E-state index contributed by atoms with van der Waals surface area (Å²) in [5.41, 5.74) is -2.31. The number of carbonyl (C=O) groups is 1. The summed E-state index contributed by atoms with van der Waals surface area (Å²) in [6, 6.07) is -0.169. The SMILES string of the molecule is CC(C)N1C[C@H](OC(=O)NC2(C(F)(F)F)CC2)C(F)(F)C1. The van der Waals surface area contributed by atoms with Gasteiger partial charge in [-0.3, -0.25) is 4.90 Å². The van der Waals surface area contributed by atoms with Gasteiger partial charge in [-0.05, 0) is 26.7 Å². The predicted octanol–water partition coefficient (Wildman–Crippen LogP) is 2.54. The average molecular weight is 316 g/mol. The van der Waals surface area contributed by atoms with Gasteiger partial charge in [0.2, 0.25) is 0 Å². The van der Waals surface area contributed by atoms with Crippen molar-refractivity contribution in [3.05, 3.63) is 0 Å². The molecule has 1 N–H and O–H groups in total. The van der Waals surface area contributed by atoms with Gasteiger partial charge in [0.15, 0.2) is 6.10 Å². The van der Waals surface area contributed by atoms with Crippen LogP contribution < -0.4 is 5.32 Å². The third-order valence-electron chi connectivity index (χ3n) is 3.90. The Hall–Kier alpha value is -1.12. The second-order valence-corrected chi connectivity index (χ2v) is 5.88. The molecule has 1 atom stereocenters. The van der Waals surface area contributed by atoms with E-state index in [-0.39, 0.29) is 25.4 Å². The summed E-state index contributed by atoms with van der Waals surface area (Å²) in [7, 11) is 0. The summed E-state index contributed by atoms with van der Waals surface area (Å²) in [6.45, 7) is 2.65. The van der Waals surface area contributed by atoms with Crippen molar-refractivity contribution >= 4 is 6.09 Å². The molecule has 1 aliphatic heterocycles. The van der Waals surface area contributed by atoms with Crippen molar-refractivity contribution in [2.24, 2.45) is 0 Å². The van der Waals surface area contributed by atoms with Gasteiger partial charge in [-0.2, -0.15) is 13.2 Å². The highest BCUT2D eigenvalue weighted by Crippen LogP contribution is 2.49. The van der Waals surface area contributed by atoms with Gasteiger partial charge in [0.1, 0.15) is 5.54 Å². The Balaban J connectivity index is 1.94. The summed E-state index contributed by atoms with van der Waals surface area (Å²) in [4.78, 5) is 12.9. The molecule has 0 aromatic heterocycles. The van der Waals surface area contributed by atoms with E-state index >= 15 is 0 Å². The van der Waals surface area contributed by atoms with Crippen LogP contribution in [0.5, 0.6) is 0 Å². The molecule has 2 fully saturated rings. The van der Waals surface area contributed by atoms with Crippen LogP contribution in [-0.4, -0.2) is 53.9 Å². The molecular formula is C12H17F5N2O2. The molecule has 1 amide bonds. The van der Waals surface area contributed by atoms with E-state index in [2.05, 4.69) is 4.74 Å². The highest BCUT2D eigenvalue weighted by Gasteiger charge is 2.65. The van der Waals surface area contributed by atoms with E-state index in [1.54, 1.807) is 19.2 Å². The van der Waals surface area contributed by atoms with Gasteiger partial charge in [0, 0.05) is 12.6 Å². The molecule has 4 nitrogen and oxygen atoms in total. The van der Waals surface area contributed by atoms with Crippen LogP contribution in [0.1, 0.15) is 26.7 Å². The van der Waals surface area contributed by atoms with Crippen molar-refractivity contribution in [2.45, 2.75) is 56.5 Å². The lowest BCUT2D eigenvalue weighted by Crippen LogP contribution is -2.50. The fourth-order valence-corrected chi connectivity index (χ4v) is 2.26. The van der Waals surface area contributed by atoms with Crippen molar-refractivity contribution in [3.8, 4) is 0 Å². The van der Waals surface area contributed by atoms with Gasteiger partial charge < -0.3 is 10.1 Å². The number of amides is 1. The van der Waals surface area contributed by atoms with E-state index in [0.29, 0.717) is 0 Å². The molecule has 0 radical (unpaired) electrons. The van der Waals surface area contributed by atoms with Crippen LogP contribution in [0.2, 0.25) is 0 Å². The lowest BCUT2D eigenvalue weighted by molar-refractivity contribution is -0.165. The van der Waals surface area contributed by atoms with Crippen molar-refractivity contribution in [2.75, 3.05) is 13.1 Å². The number of ether oxygens (including phenoxy) is 1. The van der Waals surface area contributed by atoms with E-state index in [0.717, 1.165) is 0 Å². The maximum absolute atomic E-state index is 13.7. The van der Waals surface area contributed by atoms with Crippen LogP contribution in [0.25, 0.3) is 0 Å². The van der Waals surface area contributed by atoms with Crippen LogP contribution in [0, 0.1) is 0 Å². The Morgan fingerprint density at radius 3 is 2.29 bits per heavy atom. The van der Waals surface area contributed by atoms with Crippen LogP contribution in [0.15, 0.2) is 0 Å². The minimum atomic E-state index is -4.60. The van der Waals surface area contributed by atoms with Crippen LogP contribution in [-0.2, 0) is 4.74 Å². The number of alkyl halides is 5. The van der Waals surface area contributed by atoms with E-state index in [9.17, 15) is 26.7 Å². The van der Waals surface area contributed by atoms with E-state index in [1.165, 1.54) is 4.90 Å². The second-order valence-electron chi connectivity index (χ2n) is 5.88. The lowest BCUT2D eigenvalue weighted by atomic mass is 10.2. The predicted molar refractivity (Wildman–Crippen MR) is 63.1 cm³/mol. The standard InChI is InChI=1S/C12H17F5N2O2/c1-7(2)19-5-8(11(13,14)6-19)21-9(20)18-10(3-4-10)12(15,16)17/h7-8H,3-6H2,1-2H3,(H,18,20)/t8-/m0/s1. The Kier molecular flexibility index (Phi) is 3.84. The van der Waals surface area contributed by atoms with Gasteiger partial charge in [-0.15, -0.1) is 0 Å². The molecule has 1 aliphatic carbocycles. The molecule has 0 aromatic carbocycles. The van der Waals surface area contributed by atoms with Crippen molar-refractivity contribution in [1.82, 2.24) is 10.2 Å². The van der Waals surface area contributed by atoms with Crippen LogP contribution in [0.3, 0.4) is 0 Å².